The lowest BCUT2D eigenvalue weighted by atomic mass is 9.86. The number of nitrogens with zero attached hydrogens (tertiary/aromatic N) is 1. The molecule has 6 heteroatoms. The molecular weight excluding hydrogens is 642 g/mol. The van der Waals surface area contributed by atoms with E-state index in [-0.39, 0.29) is 11.8 Å². The van der Waals surface area contributed by atoms with Crippen molar-refractivity contribution < 1.29 is 14.6 Å². The number of carbonyl (C=O) groups is 1. The monoisotopic (exact) mass is 685 g/mol. The van der Waals surface area contributed by atoms with Crippen molar-refractivity contribution in [2.24, 2.45) is 0 Å². The Labute approximate surface area is 280 Å². The molecule has 1 heterocycles. The second kappa shape index (κ2) is 14.1. The fraction of sp³-hybridized carbons (Fsp3) is 0.359. The Kier molecular flexibility index (Phi) is 10.4. The summed E-state index contributed by atoms with van der Waals surface area (Å²) < 4.78 is 8.96. The summed E-state index contributed by atoms with van der Waals surface area (Å²) in [5.74, 6) is 0.00170. The van der Waals surface area contributed by atoms with Crippen molar-refractivity contribution in [1.82, 2.24) is 4.90 Å². The van der Waals surface area contributed by atoms with E-state index < -0.39 is 12.1 Å². The van der Waals surface area contributed by atoms with E-state index in [1.807, 2.05) is 41.7 Å². The normalized spacial score (nSPS) is 12.6. The van der Waals surface area contributed by atoms with Gasteiger partial charge in [-0.1, -0.05) is 96.1 Å². The summed E-state index contributed by atoms with van der Waals surface area (Å²) in [6, 6.07) is 22.9. The highest BCUT2D eigenvalue weighted by atomic mass is 79.9. The van der Waals surface area contributed by atoms with Crippen LogP contribution in [-0.4, -0.2) is 35.2 Å². The molecule has 4 nitrogen and oxygen atoms in total. The van der Waals surface area contributed by atoms with E-state index in [9.17, 15) is 9.90 Å². The summed E-state index contributed by atoms with van der Waals surface area (Å²) in [5.41, 5.74) is 6.72. The first-order valence-corrected chi connectivity index (χ1v) is 17.6. The molecule has 0 spiro atoms. The molecule has 0 saturated carbocycles. The first-order chi connectivity index (χ1) is 21.5. The fourth-order valence-electron chi connectivity index (χ4n) is 6.23. The molecule has 0 aliphatic rings. The average molecular weight is 687 g/mol. The number of aryl methyl sites for hydroxylation is 1. The van der Waals surface area contributed by atoms with Crippen molar-refractivity contribution in [3.8, 4) is 16.9 Å². The molecule has 0 fully saturated rings. The standard InChI is InChI=1S/C39H44BrNO3S/c1-8-41(9-2)22-33-25(7)34-35(28-17-13-14-18-29(28)36(40)38(34)45-33)27-20-30(23(3)4)37(31(21-27)24(5)6)44-32(39(42)43)19-26-15-11-10-12-16-26/h10-18,20-21,23-24,32H,8-9,19,22H2,1-7H3,(H,42,43)/t32-/m1/s1. The minimum absolute atomic E-state index is 0.127. The Bertz CT molecular complexity index is 1790. The molecule has 0 aliphatic heterocycles. The molecule has 0 saturated heterocycles. The lowest BCUT2D eigenvalue weighted by Crippen LogP contribution is -2.30. The number of carboxylic acids is 1. The average Bonchev–Trinajstić information content (AvgIpc) is 3.35. The Morgan fingerprint density at radius 1 is 0.911 bits per heavy atom. The summed E-state index contributed by atoms with van der Waals surface area (Å²) in [7, 11) is 0. The minimum Gasteiger partial charge on any atom is -0.478 e. The predicted octanol–water partition coefficient (Wildman–Crippen LogP) is 11.0. The summed E-state index contributed by atoms with van der Waals surface area (Å²) in [5, 5.41) is 13.9. The highest BCUT2D eigenvalue weighted by Gasteiger charge is 2.27. The SMILES string of the molecule is CCN(CC)Cc1sc2c(Br)c3ccccc3c(-c3cc(C(C)C)c(O[C@H](Cc4ccccc4)C(=O)O)c(C(C)C)c3)c2c1C. The number of carboxylic acid groups (broad SMARTS) is 1. The fourth-order valence-corrected chi connectivity index (χ4v) is 8.32. The van der Waals surface area contributed by atoms with Crippen molar-refractivity contribution in [2.75, 3.05) is 13.1 Å². The minimum atomic E-state index is -0.991. The van der Waals surface area contributed by atoms with Gasteiger partial charge in [0.15, 0.2) is 6.10 Å². The van der Waals surface area contributed by atoms with Crippen LogP contribution in [0.5, 0.6) is 5.75 Å². The second-order valence-corrected chi connectivity index (χ2v) is 14.4. The van der Waals surface area contributed by atoms with Crippen molar-refractivity contribution in [1.29, 1.82) is 0 Å². The van der Waals surface area contributed by atoms with Gasteiger partial charge in [0, 0.05) is 27.7 Å². The largest absolute Gasteiger partial charge is 0.478 e. The zero-order chi connectivity index (χ0) is 32.4. The number of halogens is 1. The van der Waals surface area contributed by atoms with E-state index >= 15 is 0 Å². The van der Waals surface area contributed by atoms with Gasteiger partial charge in [0.05, 0.1) is 4.70 Å². The third kappa shape index (κ3) is 6.70. The van der Waals surface area contributed by atoms with Gasteiger partial charge in [0.1, 0.15) is 5.75 Å². The Balaban J connectivity index is 1.76. The molecule has 0 amide bonds. The smallest absolute Gasteiger partial charge is 0.345 e. The van der Waals surface area contributed by atoms with Crippen LogP contribution in [-0.2, 0) is 17.8 Å². The topological polar surface area (TPSA) is 49.8 Å². The molecule has 1 atom stereocenters. The van der Waals surface area contributed by atoms with Crippen LogP contribution < -0.4 is 4.74 Å². The van der Waals surface area contributed by atoms with Gasteiger partial charge in [-0.05, 0) is 104 Å². The number of fused-ring (bicyclic) bond motifs is 2. The quantitative estimate of drug-likeness (QED) is 0.142. The maximum Gasteiger partial charge on any atom is 0.345 e. The summed E-state index contributed by atoms with van der Waals surface area (Å²) in [4.78, 5) is 16.4. The highest BCUT2D eigenvalue weighted by Crippen LogP contribution is 2.49. The third-order valence-electron chi connectivity index (χ3n) is 8.87. The lowest BCUT2D eigenvalue weighted by Gasteiger charge is -2.25. The van der Waals surface area contributed by atoms with Gasteiger partial charge in [-0.15, -0.1) is 11.3 Å². The molecule has 236 valence electrons. The number of hydrogen-bond donors (Lipinski definition) is 1. The van der Waals surface area contributed by atoms with Crippen LogP contribution in [0.25, 0.3) is 32.0 Å². The van der Waals surface area contributed by atoms with Gasteiger partial charge in [-0.2, -0.15) is 0 Å². The molecule has 1 N–H and O–H groups in total. The maximum atomic E-state index is 12.5. The van der Waals surface area contributed by atoms with E-state index in [0.29, 0.717) is 12.2 Å². The van der Waals surface area contributed by atoms with Crippen LogP contribution in [0.2, 0.25) is 0 Å². The molecule has 0 bridgehead atoms. The highest BCUT2D eigenvalue weighted by molar-refractivity contribution is 9.11. The van der Waals surface area contributed by atoms with Gasteiger partial charge in [-0.3, -0.25) is 4.90 Å². The summed E-state index contributed by atoms with van der Waals surface area (Å²) >= 11 is 5.90. The maximum absolute atomic E-state index is 12.5. The van der Waals surface area contributed by atoms with Crippen LogP contribution in [0.4, 0.5) is 0 Å². The van der Waals surface area contributed by atoms with Crippen LogP contribution in [0.1, 0.15) is 80.5 Å². The third-order valence-corrected chi connectivity index (χ3v) is 11.2. The van der Waals surface area contributed by atoms with Crippen molar-refractivity contribution in [3.63, 3.8) is 0 Å². The number of benzene rings is 4. The second-order valence-electron chi connectivity index (χ2n) is 12.5. The molecule has 4 aromatic carbocycles. The Morgan fingerprint density at radius 2 is 1.49 bits per heavy atom. The van der Waals surface area contributed by atoms with E-state index in [0.717, 1.165) is 46.4 Å². The summed E-state index contributed by atoms with van der Waals surface area (Å²) in [6.07, 6.45) is -0.691. The number of hydrogen-bond acceptors (Lipinski definition) is 4. The molecule has 0 unspecified atom stereocenters. The Hall–Kier alpha value is -3.19. The van der Waals surface area contributed by atoms with Crippen LogP contribution in [0.15, 0.2) is 71.2 Å². The molecule has 1 aromatic heterocycles. The molecule has 0 radical (unpaired) electrons. The first-order valence-electron chi connectivity index (χ1n) is 16.0. The summed E-state index contributed by atoms with van der Waals surface area (Å²) in [6.45, 7) is 18.3. The van der Waals surface area contributed by atoms with E-state index in [4.69, 9.17) is 4.74 Å². The first kappa shape index (κ1) is 33.2. The lowest BCUT2D eigenvalue weighted by molar-refractivity contribution is -0.145. The van der Waals surface area contributed by atoms with E-state index in [1.54, 1.807) is 0 Å². The molecule has 0 aliphatic carbocycles. The number of rotatable bonds is 12. The van der Waals surface area contributed by atoms with Crippen LogP contribution in [0, 0.1) is 6.92 Å². The predicted molar refractivity (Wildman–Crippen MR) is 194 cm³/mol. The molecule has 5 rings (SSSR count). The number of aliphatic carboxylic acids is 1. The van der Waals surface area contributed by atoms with Crippen LogP contribution in [0.3, 0.4) is 0 Å². The number of ether oxygens (including phenoxy) is 1. The molecular formula is C39H44BrNO3S. The van der Waals surface area contributed by atoms with Gasteiger partial charge in [0.25, 0.3) is 0 Å². The van der Waals surface area contributed by atoms with Crippen molar-refractivity contribution in [2.45, 2.75) is 79.4 Å². The molecule has 45 heavy (non-hydrogen) atoms. The van der Waals surface area contributed by atoms with Gasteiger partial charge < -0.3 is 9.84 Å². The van der Waals surface area contributed by atoms with E-state index in [1.165, 1.54) is 36.9 Å². The van der Waals surface area contributed by atoms with Gasteiger partial charge in [-0.25, -0.2) is 4.79 Å². The number of thiophene rings is 1. The van der Waals surface area contributed by atoms with E-state index in [2.05, 4.69) is 106 Å². The Morgan fingerprint density at radius 3 is 2.04 bits per heavy atom. The van der Waals surface area contributed by atoms with Gasteiger partial charge in [0.2, 0.25) is 0 Å². The van der Waals surface area contributed by atoms with Crippen molar-refractivity contribution >= 4 is 54.1 Å². The van der Waals surface area contributed by atoms with Crippen LogP contribution >= 0.6 is 27.3 Å². The van der Waals surface area contributed by atoms with Crippen molar-refractivity contribution in [3.05, 3.63) is 98.3 Å². The molecule has 5 aromatic rings. The van der Waals surface area contributed by atoms with Gasteiger partial charge >= 0.3 is 5.97 Å². The zero-order valence-corrected chi connectivity index (χ0v) is 29.8. The zero-order valence-electron chi connectivity index (χ0n) is 27.4.